The van der Waals surface area contributed by atoms with Crippen LogP contribution in [0, 0.1) is 0 Å². The fourth-order valence-electron chi connectivity index (χ4n) is 2.62. The highest BCUT2D eigenvalue weighted by atomic mass is 19.4. The Morgan fingerprint density at radius 1 is 0.933 bits per heavy atom. The predicted octanol–water partition coefficient (Wildman–Crippen LogP) is 4.81. The molecule has 30 heavy (non-hydrogen) atoms. The molecule has 0 spiro atoms. The Balaban J connectivity index is 1.75. The van der Waals surface area contributed by atoms with Gasteiger partial charge < -0.3 is 5.32 Å². The van der Waals surface area contributed by atoms with Crippen molar-refractivity contribution in [2.75, 3.05) is 5.32 Å². The topological polar surface area (TPSA) is 59.8 Å². The fraction of sp³-hybridized carbons (Fsp3) is 0.211. The van der Waals surface area contributed by atoms with Crippen molar-refractivity contribution in [3.63, 3.8) is 0 Å². The Morgan fingerprint density at radius 2 is 1.53 bits per heavy atom. The lowest BCUT2D eigenvalue weighted by molar-refractivity contribution is -0.143. The van der Waals surface area contributed by atoms with E-state index in [1.165, 1.54) is 16.9 Å². The lowest BCUT2D eigenvalue weighted by Crippen LogP contribution is -2.17. The van der Waals surface area contributed by atoms with Gasteiger partial charge in [-0.25, -0.2) is 0 Å². The summed E-state index contributed by atoms with van der Waals surface area (Å²) in [7, 11) is 0. The highest BCUT2D eigenvalue weighted by Crippen LogP contribution is 2.36. The average molecular weight is 428 g/mol. The molecule has 0 aliphatic carbocycles. The lowest BCUT2D eigenvalue weighted by atomic mass is 10.0. The minimum absolute atomic E-state index is 0.000647. The molecule has 0 aliphatic heterocycles. The SMILES string of the molecule is O=C(Nc1ccn(CCc2ccncc2)n1)c1cc(C(F)(F)F)cc(C(F)(F)F)c1. The summed E-state index contributed by atoms with van der Waals surface area (Å²) in [6, 6.07) is 5.72. The number of carbonyl (C=O) groups is 1. The minimum atomic E-state index is -5.04. The number of nitrogens with zero attached hydrogens (tertiary/aromatic N) is 3. The zero-order valence-electron chi connectivity index (χ0n) is 15.1. The molecule has 1 amide bonds. The van der Waals surface area contributed by atoms with Crippen molar-refractivity contribution in [2.45, 2.75) is 25.3 Å². The van der Waals surface area contributed by atoms with E-state index in [0.29, 0.717) is 25.1 Å². The van der Waals surface area contributed by atoms with Crippen LogP contribution in [-0.4, -0.2) is 20.7 Å². The molecule has 2 heterocycles. The largest absolute Gasteiger partial charge is 0.416 e. The molecule has 3 aromatic rings. The molecular formula is C19H14F6N4O. The van der Waals surface area contributed by atoms with Crippen molar-refractivity contribution >= 4 is 11.7 Å². The van der Waals surface area contributed by atoms with Crippen LogP contribution in [0.15, 0.2) is 55.0 Å². The smallest absolute Gasteiger partial charge is 0.305 e. The van der Waals surface area contributed by atoms with E-state index < -0.39 is 35.0 Å². The maximum atomic E-state index is 12.9. The van der Waals surface area contributed by atoms with E-state index in [-0.39, 0.29) is 11.9 Å². The Kier molecular flexibility index (Phi) is 5.81. The van der Waals surface area contributed by atoms with Gasteiger partial charge in [0.2, 0.25) is 0 Å². The number of aromatic nitrogens is 3. The summed E-state index contributed by atoms with van der Waals surface area (Å²) >= 11 is 0. The Bertz CT molecular complexity index is 995. The third kappa shape index (κ3) is 5.37. The summed E-state index contributed by atoms with van der Waals surface area (Å²) in [5.41, 5.74) is -2.91. The molecular weight excluding hydrogens is 414 g/mol. The Labute approximate surface area is 166 Å². The van der Waals surface area contributed by atoms with Crippen LogP contribution in [0.3, 0.4) is 0 Å². The summed E-state index contributed by atoms with van der Waals surface area (Å²) in [6.45, 7) is 0.446. The van der Waals surface area contributed by atoms with Gasteiger partial charge in [-0.15, -0.1) is 0 Å². The maximum absolute atomic E-state index is 12.9. The molecule has 0 saturated carbocycles. The molecule has 0 aliphatic rings. The van der Waals surface area contributed by atoms with Gasteiger partial charge in [-0.05, 0) is 42.3 Å². The maximum Gasteiger partial charge on any atom is 0.416 e. The minimum Gasteiger partial charge on any atom is -0.305 e. The van der Waals surface area contributed by atoms with Crippen LogP contribution >= 0.6 is 0 Å². The standard InChI is InChI=1S/C19H14F6N4O/c20-18(21,22)14-9-13(10-15(11-14)19(23,24)25)17(30)27-16-4-8-29(28-16)7-3-12-1-5-26-6-2-12/h1-2,4-6,8-11H,3,7H2,(H,27,28,30). The van der Waals surface area contributed by atoms with Gasteiger partial charge in [0.25, 0.3) is 5.91 Å². The second-order valence-corrected chi connectivity index (χ2v) is 6.32. The van der Waals surface area contributed by atoms with Gasteiger partial charge in [-0.2, -0.15) is 31.4 Å². The number of rotatable bonds is 5. The molecule has 158 valence electrons. The Morgan fingerprint density at radius 3 is 2.10 bits per heavy atom. The quantitative estimate of drug-likeness (QED) is 0.594. The van der Waals surface area contributed by atoms with Crippen molar-refractivity contribution in [2.24, 2.45) is 0 Å². The molecule has 5 nitrogen and oxygen atoms in total. The second kappa shape index (κ2) is 8.17. The molecule has 0 radical (unpaired) electrons. The third-order valence-corrected chi connectivity index (χ3v) is 4.11. The van der Waals surface area contributed by atoms with Gasteiger partial charge in [0.1, 0.15) is 0 Å². The van der Waals surface area contributed by atoms with E-state index in [4.69, 9.17) is 0 Å². The molecule has 0 saturated heterocycles. The number of halogens is 6. The number of carbonyl (C=O) groups excluding carboxylic acids is 1. The summed E-state index contributed by atoms with van der Waals surface area (Å²) in [5, 5.41) is 6.28. The first kappa shape index (κ1) is 21.3. The van der Waals surface area contributed by atoms with Crippen molar-refractivity contribution in [3.8, 4) is 0 Å². The van der Waals surface area contributed by atoms with Gasteiger partial charge in [-0.3, -0.25) is 14.5 Å². The first-order chi connectivity index (χ1) is 14.0. The summed E-state index contributed by atoms with van der Waals surface area (Å²) in [4.78, 5) is 16.2. The summed E-state index contributed by atoms with van der Waals surface area (Å²) in [6.07, 6.45) is -4.66. The van der Waals surface area contributed by atoms with Crippen molar-refractivity contribution in [3.05, 3.63) is 77.2 Å². The first-order valence-corrected chi connectivity index (χ1v) is 8.55. The van der Waals surface area contributed by atoms with E-state index in [1.807, 2.05) is 12.1 Å². The molecule has 11 heteroatoms. The zero-order valence-corrected chi connectivity index (χ0v) is 15.1. The molecule has 2 aromatic heterocycles. The number of aryl methyl sites for hydroxylation is 2. The van der Waals surface area contributed by atoms with Crippen LogP contribution < -0.4 is 5.32 Å². The molecule has 0 bridgehead atoms. The number of hydrogen-bond donors (Lipinski definition) is 1. The number of nitrogens with one attached hydrogen (secondary N) is 1. The molecule has 1 aromatic carbocycles. The number of anilines is 1. The molecule has 3 rings (SSSR count). The molecule has 0 unspecified atom stereocenters. The van der Waals surface area contributed by atoms with E-state index >= 15 is 0 Å². The van der Waals surface area contributed by atoms with Gasteiger partial charge in [0.15, 0.2) is 5.82 Å². The Hall–Kier alpha value is -3.37. The monoisotopic (exact) mass is 428 g/mol. The van der Waals surface area contributed by atoms with E-state index in [9.17, 15) is 31.1 Å². The number of alkyl halides is 6. The summed E-state index contributed by atoms with van der Waals surface area (Å²) < 4.78 is 79.1. The van der Waals surface area contributed by atoms with Crippen LogP contribution in [0.25, 0.3) is 0 Å². The zero-order chi connectivity index (χ0) is 21.9. The number of hydrogen-bond acceptors (Lipinski definition) is 3. The van der Waals surface area contributed by atoms with Crippen molar-refractivity contribution in [1.29, 1.82) is 0 Å². The molecule has 0 fully saturated rings. The van der Waals surface area contributed by atoms with Crippen LogP contribution in [0.5, 0.6) is 0 Å². The fourth-order valence-corrected chi connectivity index (χ4v) is 2.62. The first-order valence-electron chi connectivity index (χ1n) is 8.55. The molecule has 0 atom stereocenters. The number of pyridine rings is 1. The van der Waals surface area contributed by atoms with Crippen LogP contribution in [0.4, 0.5) is 32.2 Å². The van der Waals surface area contributed by atoms with Crippen molar-refractivity contribution < 1.29 is 31.1 Å². The van der Waals surface area contributed by atoms with Crippen LogP contribution in [0.1, 0.15) is 27.0 Å². The third-order valence-electron chi connectivity index (χ3n) is 4.11. The number of amides is 1. The van der Waals surface area contributed by atoms with Gasteiger partial charge in [0.05, 0.1) is 11.1 Å². The van der Waals surface area contributed by atoms with Crippen molar-refractivity contribution in [1.82, 2.24) is 14.8 Å². The number of benzene rings is 1. The van der Waals surface area contributed by atoms with Gasteiger partial charge in [0, 0.05) is 36.8 Å². The highest BCUT2D eigenvalue weighted by molar-refractivity contribution is 6.04. The van der Waals surface area contributed by atoms with E-state index in [2.05, 4.69) is 15.4 Å². The average Bonchev–Trinajstić information content (AvgIpc) is 3.13. The van der Waals surface area contributed by atoms with Crippen LogP contribution in [-0.2, 0) is 25.3 Å². The normalized spacial score (nSPS) is 12.1. The predicted molar refractivity (Wildman–Crippen MR) is 94.6 cm³/mol. The van der Waals surface area contributed by atoms with E-state index in [0.717, 1.165) is 5.56 Å². The van der Waals surface area contributed by atoms with E-state index in [1.54, 1.807) is 12.4 Å². The van der Waals surface area contributed by atoms with Crippen LogP contribution in [0.2, 0.25) is 0 Å². The van der Waals surface area contributed by atoms with Gasteiger partial charge >= 0.3 is 12.4 Å². The molecule has 1 N–H and O–H groups in total. The highest BCUT2D eigenvalue weighted by Gasteiger charge is 2.37. The summed E-state index contributed by atoms with van der Waals surface area (Å²) in [5.74, 6) is -1.13. The van der Waals surface area contributed by atoms with Gasteiger partial charge in [-0.1, -0.05) is 0 Å². The second-order valence-electron chi connectivity index (χ2n) is 6.32. The lowest BCUT2D eigenvalue weighted by Gasteiger charge is -2.13.